The van der Waals surface area contributed by atoms with Crippen LogP contribution < -0.4 is 5.32 Å². The average molecular weight is 281 g/mol. The number of anilines is 1. The first kappa shape index (κ1) is 14.5. The molecule has 6 heteroatoms. The van der Waals surface area contributed by atoms with Crippen molar-refractivity contribution in [3.63, 3.8) is 0 Å². The van der Waals surface area contributed by atoms with Gasteiger partial charge in [-0.25, -0.2) is 13.8 Å². The first-order chi connectivity index (χ1) is 9.52. The molecule has 0 saturated heterocycles. The van der Waals surface area contributed by atoms with Gasteiger partial charge in [0.2, 0.25) is 5.95 Å². The molecule has 1 aromatic carbocycles. The van der Waals surface area contributed by atoms with Gasteiger partial charge in [-0.3, -0.25) is 4.57 Å². The Hall–Kier alpha value is -1.95. The van der Waals surface area contributed by atoms with Gasteiger partial charge in [-0.1, -0.05) is 0 Å². The van der Waals surface area contributed by atoms with Gasteiger partial charge in [0.25, 0.3) is 0 Å². The molecular formula is C14H17F2N3O. The number of benzene rings is 1. The van der Waals surface area contributed by atoms with E-state index in [1.807, 2.05) is 0 Å². The number of aryl methyl sites for hydroxylation is 2. The van der Waals surface area contributed by atoms with Gasteiger partial charge in [-0.05, 0) is 25.5 Å². The highest BCUT2D eigenvalue weighted by atomic mass is 19.1. The van der Waals surface area contributed by atoms with Gasteiger partial charge in [0.1, 0.15) is 11.6 Å². The Morgan fingerprint density at radius 1 is 1.25 bits per heavy atom. The number of nitrogens with one attached hydrogen (secondary N) is 1. The summed E-state index contributed by atoms with van der Waals surface area (Å²) in [6.45, 7) is 4.35. The Balaban J connectivity index is 2.39. The van der Waals surface area contributed by atoms with E-state index in [1.165, 1.54) is 23.6 Å². The third-order valence-corrected chi connectivity index (χ3v) is 2.90. The second kappa shape index (κ2) is 6.00. The molecule has 0 spiro atoms. The second-order valence-electron chi connectivity index (χ2n) is 4.55. The number of rotatable bonds is 5. The van der Waals surface area contributed by atoms with E-state index in [4.69, 9.17) is 4.74 Å². The molecule has 20 heavy (non-hydrogen) atoms. The quantitative estimate of drug-likeness (QED) is 0.857. The lowest BCUT2D eigenvalue weighted by molar-refractivity contribution is 0.210. The van der Waals surface area contributed by atoms with Crippen molar-refractivity contribution in [3.8, 4) is 5.69 Å². The largest absolute Gasteiger partial charge is 0.383 e. The van der Waals surface area contributed by atoms with Crippen molar-refractivity contribution in [2.24, 2.45) is 0 Å². The number of hydrogen-bond donors (Lipinski definition) is 1. The van der Waals surface area contributed by atoms with Crippen LogP contribution >= 0.6 is 0 Å². The molecule has 0 aliphatic carbocycles. The molecule has 4 nitrogen and oxygen atoms in total. The molecule has 1 heterocycles. The summed E-state index contributed by atoms with van der Waals surface area (Å²) in [6, 6.07) is 2.35. The minimum Gasteiger partial charge on any atom is -0.383 e. The molecule has 2 rings (SSSR count). The van der Waals surface area contributed by atoms with Crippen LogP contribution in [0.25, 0.3) is 5.69 Å². The number of imidazole rings is 1. The zero-order chi connectivity index (χ0) is 14.7. The number of ether oxygens (including phenoxy) is 1. The standard InChI is InChI=1S/C14H17F2N3O/c1-9-6-12(16)13(7-11(9)15)19-8-10(2)18-14(19)17-4-5-20-3/h6-8H,4-5H2,1-3H3,(H,17,18). The average Bonchev–Trinajstić information content (AvgIpc) is 2.75. The number of nitrogens with zero attached hydrogens (tertiary/aromatic N) is 2. The van der Waals surface area contributed by atoms with Gasteiger partial charge in [-0.15, -0.1) is 0 Å². The van der Waals surface area contributed by atoms with Crippen molar-refractivity contribution in [2.75, 3.05) is 25.6 Å². The van der Waals surface area contributed by atoms with Gasteiger partial charge in [0.05, 0.1) is 18.0 Å². The minimum atomic E-state index is -0.490. The molecule has 0 saturated carbocycles. The fourth-order valence-corrected chi connectivity index (χ4v) is 1.89. The summed E-state index contributed by atoms with van der Waals surface area (Å²) < 4.78 is 34.1. The van der Waals surface area contributed by atoms with Crippen LogP contribution in [0, 0.1) is 25.5 Å². The summed E-state index contributed by atoms with van der Waals surface area (Å²) >= 11 is 0. The highest BCUT2D eigenvalue weighted by molar-refractivity contribution is 5.45. The fraction of sp³-hybridized carbons (Fsp3) is 0.357. The molecular weight excluding hydrogens is 264 g/mol. The maximum atomic E-state index is 14.0. The highest BCUT2D eigenvalue weighted by Gasteiger charge is 2.13. The van der Waals surface area contributed by atoms with Crippen LogP contribution in [0.1, 0.15) is 11.3 Å². The van der Waals surface area contributed by atoms with Crippen LogP contribution in [-0.2, 0) is 4.74 Å². The SMILES string of the molecule is COCCNc1nc(C)cn1-c1cc(F)c(C)cc1F. The molecule has 0 unspecified atom stereocenters. The smallest absolute Gasteiger partial charge is 0.207 e. The van der Waals surface area contributed by atoms with Crippen molar-refractivity contribution >= 4 is 5.95 Å². The maximum Gasteiger partial charge on any atom is 0.207 e. The van der Waals surface area contributed by atoms with Gasteiger partial charge >= 0.3 is 0 Å². The second-order valence-corrected chi connectivity index (χ2v) is 4.55. The van der Waals surface area contributed by atoms with Crippen LogP contribution in [0.3, 0.4) is 0 Å². The van der Waals surface area contributed by atoms with E-state index in [-0.39, 0.29) is 11.3 Å². The third-order valence-electron chi connectivity index (χ3n) is 2.90. The molecule has 0 aliphatic rings. The monoisotopic (exact) mass is 281 g/mol. The lowest BCUT2D eigenvalue weighted by atomic mass is 10.2. The van der Waals surface area contributed by atoms with E-state index in [0.717, 1.165) is 0 Å². The predicted octanol–water partition coefficient (Wildman–Crippen LogP) is 2.83. The van der Waals surface area contributed by atoms with Crippen LogP contribution in [0.5, 0.6) is 0 Å². The summed E-state index contributed by atoms with van der Waals surface area (Å²) in [5.41, 5.74) is 1.12. The molecule has 0 aliphatic heterocycles. The first-order valence-electron chi connectivity index (χ1n) is 6.27. The number of hydrogen-bond acceptors (Lipinski definition) is 3. The van der Waals surface area contributed by atoms with Crippen molar-refractivity contribution in [2.45, 2.75) is 13.8 Å². The summed E-state index contributed by atoms with van der Waals surface area (Å²) in [6.07, 6.45) is 1.66. The lowest BCUT2D eigenvalue weighted by Gasteiger charge is -2.11. The summed E-state index contributed by atoms with van der Waals surface area (Å²) in [4.78, 5) is 4.26. The highest BCUT2D eigenvalue weighted by Crippen LogP contribution is 2.22. The summed E-state index contributed by atoms with van der Waals surface area (Å²) in [5, 5.41) is 3.03. The first-order valence-corrected chi connectivity index (χ1v) is 6.27. The predicted molar refractivity (Wildman–Crippen MR) is 73.3 cm³/mol. The minimum absolute atomic E-state index is 0.133. The van der Waals surface area contributed by atoms with Crippen molar-refractivity contribution in [3.05, 3.63) is 41.2 Å². The zero-order valence-corrected chi connectivity index (χ0v) is 11.7. The normalized spacial score (nSPS) is 10.8. The lowest BCUT2D eigenvalue weighted by Crippen LogP contribution is -2.12. The van der Waals surface area contributed by atoms with Crippen LogP contribution in [-0.4, -0.2) is 29.8 Å². The van der Waals surface area contributed by atoms with E-state index < -0.39 is 11.6 Å². The molecule has 0 amide bonds. The van der Waals surface area contributed by atoms with Gasteiger partial charge in [0.15, 0.2) is 0 Å². The molecule has 0 fully saturated rings. The molecule has 1 aromatic heterocycles. The third kappa shape index (κ3) is 2.96. The fourth-order valence-electron chi connectivity index (χ4n) is 1.89. The van der Waals surface area contributed by atoms with E-state index in [9.17, 15) is 8.78 Å². The maximum absolute atomic E-state index is 14.0. The number of methoxy groups -OCH3 is 1. The molecule has 0 bridgehead atoms. The van der Waals surface area contributed by atoms with E-state index in [0.29, 0.717) is 24.8 Å². The van der Waals surface area contributed by atoms with Crippen LogP contribution in [0.4, 0.5) is 14.7 Å². The van der Waals surface area contributed by atoms with Crippen LogP contribution in [0.15, 0.2) is 18.3 Å². The van der Waals surface area contributed by atoms with Crippen molar-refractivity contribution in [1.29, 1.82) is 0 Å². The van der Waals surface area contributed by atoms with Crippen molar-refractivity contribution < 1.29 is 13.5 Å². The van der Waals surface area contributed by atoms with Gasteiger partial charge in [-0.2, -0.15) is 0 Å². The van der Waals surface area contributed by atoms with E-state index >= 15 is 0 Å². The van der Waals surface area contributed by atoms with Gasteiger partial charge in [0, 0.05) is 25.9 Å². The Morgan fingerprint density at radius 2 is 2.00 bits per heavy atom. The van der Waals surface area contributed by atoms with Crippen LogP contribution in [0.2, 0.25) is 0 Å². The molecule has 108 valence electrons. The van der Waals surface area contributed by atoms with E-state index in [1.54, 1.807) is 20.2 Å². The topological polar surface area (TPSA) is 39.1 Å². The Morgan fingerprint density at radius 3 is 2.70 bits per heavy atom. The van der Waals surface area contributed by atoms with Crippen molar-refractivity contribution in [1.82, 2.24) is 9.55 Å². The molecule has 0 atom stereocenters. The number of aromatic nitrogens is 2. The summed E-state index contributed by atoms with van der Waals surface area (Å²) in [5.74, 6) is -0.478. The van der Waals surface area contributed by atoms with E-state index in [2.05, 4.69) is 10.3 Å². The Labute approximate surface area is 116 Å². The molecule has 0 radical (unpaired) electrons. The number of halogens is 2. The molecule has 1 N–H and O–H groups in total. The van der Waals surface area contributed by atoms with Gasteiger partial charge < -0.3 is 10.1 Å². The zero-order valence-electron chi connectivity index (χ0n) is 11.7. The Bertz CT molecular complexity index is 611. The summed E-state index contributed by atoms with van der Waals surface area (Å²) in [7, 11) is 1.59. The Kier molecular flexibility index (Phi) is 4.34. The molecule has 2 aromatic rings.